The van der Waals surface area contributed by atoms with Crippen LogP contribution in [0.4, 0.5) is 0 Å². The molecule has 0 bridgehead atoms. The first-order chi connectivity index (χ1) is 8.05. The minimum atomic E-state index is -0.806. The topological polar surface area (TPSA) is 72.6 Å². The second kappa shape index (κ2) is 4.74. The van der Waals surface area contributed by atoms with Gasteiger partial charge in [0.05, 0.1) is 6.54 Å². The molecule has 5 nitrogen and oxygen atoms in total. The van der Waals surface area contributed by atoms with Crippen LogP contribution in [0.15, 0.2) is 0 Å². The molecule has 2 fully saturated rings. The molecule has 2 aliphatic rings. The van der Waals surface area contributed by atoms with Gasteiger partial charge in [0.2, 0.25) is 5.91 Å². The van der Waals surface area contributed by atoms with E-state index in [1.165, 1.54) is 23.5 Å². The van der Waals surface area contributed by atoms with Crippen LogP contribution in [0.3, 0.4) is 0 Å². The molecule has 3 atom stereocenters. The number of hydrogen-bond acceptors (Lipinski definition) is 6. The molecule has 0 spiro atoms. The molecular formula is C9H13BN2O3S2. The fourth-order valence-corrected chi connectivity index (χ4v) is 4.98. The summed E-state index contributed by atoms with van der Waals surface area (Å²) in [6.45, 7) is 2.36. The van der Waals surface area contributed by atoms with Crippen molar-refractivity contribution in [3.8, 4) is 0 Å². The third kappa shape index (κ3) is 1.96. The van der Waals surface area contributed by atoms with E-state index in [0.29, 0.717) is 6.54 Å². The summed E-state index contributed by atoms with van der Waals surface area (Å²) in [7, 11) is 4.98. The SMILES string of the molecule is [B]OC(=O)[C@@]1(SCCC)CN2C(=O)[C@@H](N)C2S1. The third-order valence-corrected chi connectivity index (χ3v) is 6.31. The molecule has 92 valence electrons. The second-order valence-electron chi connectivity index (χ2n) is 4.01. The first-order valence-electron chi connectivity index (χ1n) is 5.34. The van der Waals surface area contributed by atoms with Gasteiger partial charge in [0, 0.05) is 0 Å². The van der Waals surface area contributed by atoms with Gasteiger partial charge in [-0.3, -0.25) is 9.59 Å². The third-order valence-electron chi connectivity index (χ3n) is 2.83. The predicted molar refractivity (Wildman–Crippen MR) is 68.4 cm³/mol. The Morgan fingerprint density at radius 1 is 1.82 bits per heavy atom. The van der Waals surface area contributed by atoms with Crippen molar-refractivity contribution in [2.75, 3.05) is 12.3 Å². The summed E-state index contributed by atoms with van der Waals surface area (Å²) in [5.41, 5.74) is 5.69. The zero-order chi connectivity index (χ0) is 12.6. The van der Waals surface area contributed by atoms with Gasteiger partial charge in [-0.1, -0.05) is 6.92 Å². The van der Waals surface area contributed by atoms with Gasteiger partial charge in [0.15, 0.2) is 4.08 Å². The second-order valence-corrected chi connectivity index (χ2v) is 7.07. The maximum Gasteiger partial charge on any atom is 0.378 e. The molecule has 2 saturated heterocycles. The number of amides is 1. The highest BCUT2D eigenvalue weighted by molar-refractivity contribution is 8.20. The van der Waals surface area contributed by atoms with Crippen molar-refractivity contribution < 1.29 is 14.2 Å². The number of carbonyl (C=O) groups is 2. The molecule has 1 unspecified atom stereocenters. The van der Waals surface area contributed by atoms with Gasteiger partial charge < -0.3 is 15.3 Å². The number of β-lactam (4-membered cyclic amide) rings is 1. The highest BCUT2D eigenvalue weighted by atomic mass is 32.2. The average molecular weight is 272 g/mol. The minimum Gasteiger partial charge on any atom is -0.542 e. The van der Waals surface area contributed by atoms with Crippen LogP contribution in [-0.2, 0) is 14.2 Å². The van der Waals surface area contributed by atoms with Crippen LogP contribution in [-0.4, -0.2) is 52.6 Å². The molecule has 1 amide bonds. The van der Waals surface area contributed by atoms with Gasteiger partial charge in [-0.05, 0) is 12.2 Å². The van der Waals surface area contributed by atoms with E-state index in [0.717, 1.165) is 12.2 Å². The molecule has 2 N–H and O–H groups in total. The van der Waals surface area contributed by atoms with Gasteiger partial charge in [-0.2, -0.15) is 0 Å². The van der Waals surface area contributed by atoms with E-state index in [2.05, 4.69) is 4.65 Å². The van der Waals surface area contributed by atoms with Crippen molar-refractivity contribution >= 4 is 43.4 Å². The number of hydrogen-bond donors (Lipinski definition) is 1. The predicted octanol–water partition coefficient (Wildman–Crippen LogP) is -0.305. The molecule has 2 radical (unpaired) electrons. The highest BCUT2D eigenvalue weighted by Crippen LogP contribution is 2.52. The lowest BCUT2D eigenvalue weighted by atomic mass is 10.1. The lowest BCUT2D eigenvalue weighted by Crippen LogP contribution is -2.64. The summed E-state index contributed by atoms with van der Waals surface area (Å²) in [4.78, 5) is 24.9. The van der Waals surface area contributed by atoms with Crippen LogP contribution >= 0.6 is 23.5 Å². The number of carbonyl (C=O) groups excluding carboxylic acids is 2. The van der Waals surface area contributed by atoms with Gasteiger partial charge in [-0.25, -0.2) is 0 Å². The number of rotatable bonds is 4. The number of nitrogens with two attached hydrogens (primary N) is 1. The Hall–Kier alpha value is -0.335. The minimum absolute atomic E-state index is 0.105. The summed E-state index contributed by atoms with van der Waals surface area (Å²) in [5, 5.41) is -0.119. The van der Waals surface area contributed by atoms with Crippen LogP contribution in [0, 0.1) is 0 Å². The largest absolute Gasteiger partial charge is 0.542 e. The van der Waals surface area contributed by atoms with Crippen molar-refractivity contribution in [2.24, 2.45) is 5.73 Å². The Morgan fingerprint density at radius 3 is 3.06 bits per heavy atom. The van der Waals surface area contributed by atoms with Crippen LogP contribution in [0.1, 0.15) is 13.3 Å². The molecule has 0 aromatic carbocycles. The molecule has 0 saturated carbocycles. The smallest absolute Gasteiger partial charge is 0.378 e. The average Bonchev–Trinajstić information content (AvgIpc) is 2.72. The van der Waals surface area contributed by atoms with Crippen molar-refractivity contribution in [3.05, 3.63) is 0 Å². The maximum atomic E-state index is 11.8. The molecule has 2 heterocycles. The first-order valence-corrected chi connectivity index (χ1v) is 7.21. The van der Waals surface area contributed by atoms with Gasteiger partial charge in [-0.15, -0.1) is 23.5 Å². The van der Waals surface area contributed by atoms with Crippen LogP contribution in [0.25, 0.3) is 0 Å². The van der Waals surface area contributed by atoms with Crippen molar-refractivity contribution in [2.45, 2.75) is 28.8 Å². The van der Waals surface area contributed by atoms with E-state index in [9.17, 15) is 9.59 Å². The van der Waals surface area contributed by atoms with Crippen LogP contribution in [0.2, 0.25) is 0 Å². The quantitative estimate of drug-likeness (QED) is 0.559. The highest BCUT2D eigenvalue weighted by Gasteiger charge is 2.61. The number of fused-ring (bicyclic) bond motifs is 1. The standard InChI is InChI=1S/C9H13BN2O3S2/c1-2-3-16-9(8(14)15-10)4-12-6(13)5(11)7(12)17-9/h5,7H,2-4,11H2,1H3/t5-,7?,9-/m1/s1. The van der Waals surface area contributed by atoms with E-state index >= 15 is 0 Å². The Morgan fingerprint density at radius 2 is 2.53 bits per heavy atom. The van der Waals surface area contributed by atoms with Gasteiger partial charge in [0.25, 0.3) is 0 Å². The Balaban J connectivity index is 2.14. The summed E-state index contributed by atoms with van der Waals surface area (Å²) in [5.74, 6) is 0.216. The van der Waals surface area contributed by atoms with Crippen molar-refractivity contribution in [3.63, 3.8) is 0 Å². The molecule has 2 rings (SSSR count). The Kier molecular flexibility index (Phi) is 3.65. The summed E-state index contributed by atoms with van der Waals surface area (Å²) in [6.07, 6.45) is 0.940. The lowest BCUT2D eigenvalue weighted by Gasteiger charge is -2.38. The van der Waals surface area contributed by atoms with E-state index in [4.69, 9.17) is 13.8 Å². The fourth-order valence-electron chi connectivity index (χ4n) is 1.92. The zero-order valence-electron chi connectivity index (χ0n) is 9.42. The van der Waals surface area contributed by atoms with E-state index in [1.807, 2.05) is 6.92 Å². The van der Waals surface area contributed by atoms with E-state index in [1.54, 1.807) is 4.90 Å². The van der Waals surface area contributed by atoms with Crippen molar-refractivity contribution in [1.82, 2.24) is 4.90 Å². The maximum absolute atomic E-state index is 11.8. The molecular weight excluding hydrogens is 259 g/mol. The molecule has 8 heteroatoms. The molecule has 17 heavy (non-hydrogen) atoms. The Labute approximate surface area is 110 Å². The van der Waals surface area contributed by atoms with Gasteiger partial charge in [0.1, 0.15) is 11.4 Å². The van der Waals surface area contributed by atoms with E-state index in [-0.39, 0.29) is 11.3 Å². The van der Waals surface area contributed by atoms with Crippen molar-refractivity contribution in [1.29, 1.82) is 0 Å². The summed E-state index contributed by atoms with van der Waals surface area (Å²) >= 11 is 2.86. The zero-order valence-corrected chi connectivity index (χ0v) is 11.1. The summed E-state index contributed by atoms with van der Waals surface area (Å²) in [6, 6.07) is -0.505. The number of nitrogens with zero attached hydrogens (tertiary/aromatic N) is 1. The number of thioether (sulfide) groups is 2. The monoisotopic (exact) mass is 272 g/mol. The Bertz CT molecular complexity index is 357. The molecule has 0 aliphatic carbocycles. The molecule has 0 aromatic heterocycles. The lowest BCUT2D eigenvalue weighted by molar-refractivity contribution is -0.144. The fraction of sp³-hybridized carbons (Fsp3) is 0.778. The van der Waals surface area contributed by atoms with E-state index < -0.39 is 16.1 Å². The normalized spacial score (nSPS) is 35.4. The van der Waals surface area contributed by atoms with Crippen LogP contribution < -0.4 is 5.73 Å². The molecule has 2 aliphatic heterocycles. The van der Waals surface area contributed by atoms with Gasteiger partial charge >= 0.3 is 14.0 Å². The molecule has 0 aromatic rings. The summed E-state index contributed by atoms with van der Waals surface area (Å²) < 4.78 is 3.56. The first kappa shape index (κ1) is 13.1. The van der Waals surface area contributed by atoms with Crippen LogP contribution in [0.5, 0.6) is 0 Å².